The zero-order valence-electron chi connectivity index (χ0n) is 10.1. The molecule has 0 aliphatic carbocycles. The van der Waals surface area contributed by atoms with Crippen LogP contribution in [0, 0.1) is 23.3 Å². The van der Waals surface area contributed by atoms with Crippen molar-refractivity contribution >= 4 is 0 Å². The molecule has 5 heteroatoms. The number of benzene rings is 2. The Morgan fingerprint density at radius 1 is 0.789 bits per heavy atom. The third kappa shape index (κ3) is 2.76. The number of hydrogen-bond donors (Lipinski definition) is 1. The molecule has 0 heterocycles. The molecule has 1 N–H and O–H groups in total. The summed E-state index contributed by atoms with van der Waals surface area (Å²) in [5.74, 6) is -4.19. The van der Waals surface area contributed by atoms with Gasteiger partial charge >= 0.3 is 0 Å². The number of halogens is 4. The lowest BCUT2D eigenvalue weighted by Gasteiger charge is -2.08. The summed E-state index contributed by atoms with van der Waals surface area (Å²) in [6, 6.07) is 5.23. The summed E-state index contributed by atoms with van der Waals surface area (Å²) in [5, 5.41) is 2.85. The van der Waals surface area contributed by atoms with Gasteiger partial charge in [-0.3, -0.25) is 0 Å². The van der Waals surface area contributed by atoms with Gasteiger partial charge in [-0.25, -0.2) is 17.6 Å². The molecule has 0 saturated carbocycles. The van der Waals surface area contributed by atoms with Gasteiger partial charge in [0, 0.05) is 23.7 Å². The van der Waals surface area contributed by atoms with Crippen LogP contribution in [0.3, 0.4) is 0 Å². The van der Waals surface area contributed by atoms with E-state index >= 15 is 0 Å². The van der Waals surface area contributed by atoms with E-state index in [0.29, 0.717) is 24.2 Å². The largest absolute Gasteiger partial charge is 0.316 e. The first-order valence-electron chi connectivity index (χ1n) is 5.61. The summed E-state index contributed by atoms with van der Waals surface area (Å²) in [4.78, 5) is 0. The Hall–Kier alpha value is -1.88. The van der Waals surface area contributed by atoms with E-state index in [1.165, 1.54) is 12.1 Å². The van der Waals surface area contributed by atoms with E-state index in [2.05, 4.69) is 5.32 Å². The average Bonchev–Trinajstić information content (AvgIpc) is 2.35. The van der Waals surface area contributed by atoms with Crippen LogP contribution >= 0.6 is 0 Å². The zero-order valence-corrected chi connectivity index (χ0v) is 10.1. The van der Waals surface area contributed by atoms with Crippen molar-refractivity contribution in [2.75, 3.05) is 7.05 Å². The lowest BCUT2D eigenvalue weighted by atomic mass is 10.0. The molecule has 0 bridgehead atoms. The van der Waals surface area contributed by atoms with Crippen LogP contribution in [-0.2, 0) is 6.54 Å². The summed E-state index contributed by atoms with van der Waals surface area (Å²) in [6.07, 6.45) is 0. The highest BCUT2D eigenvalue weighted by Crippen LogP contribution is 2.28. The molecule has 0 amide bonds. The fourth-order valence-electron chi connectivity index (χ4n) is 1.82. The second-order valence-corrected chi connectivity index (χ2v) is 4.09. The first-order valence-corrected chi connectivity index (χ1v) is 5.61. The minimum Gasteiger partial charge on any atom is -0.316 e. The van der Waals surface area contributed by atoms with Gasteiger partial charge < -0.3 is 5.32 Å². The number of nitrogens with one attached hydrogen (secondary N) is 1. The third-order valence-electron chi connectivity index (χ3n) is 2.71. The SMILES string of the molecule is CNCc1ccc(-c2cc(F)c(F)cc2F)c(F)c1. The third-order valence-corrected chi connectivity index (χ3v) is 2.71. The molecule has 2 rings (SSSR count). The lowest BCUT2D eigenvalue weighted by molar-refractivity contribution is 0.495. The number of rotatable bonds is 3. The standard InChI is InChI=1S/C14H11F4N/c1-19-7-8-2-3-9(11(15)4-8)10-5-13(17)14(18)6-12(10)16/h2-6,19H,7H2,1H3. The molecule has 0 unspecified atom stereocenters. The summed E-state index contributed by atoms with van der Waals surface area (Å²) < 4.78 is 53.3. The molecule has 0 atom stereocenters. The van der Waals surface area contributed by atoms with Crippen LogP contribution < -0.4 is 5.32 Å². The molecule has 0 aliphatic rings. The Labute approximate surface area is 107 Å². The molecule has 0 saturated heterocycles. The predicted molar refractivity (Wildman–Crippen MR) is 64.5 cm³/mol. The van der Waals surface area contributed by atoms with E-state index in [0.717, 1.165) is 0 Å². The first-order chi connectivity index (χ1) is 9.02. The zero-order chi connectivity index (χ0) is 14.0. The van der Waals surface area contributed by atoms with Crippen LogP contribution in [0.5, 0.6) is 0 Å². The first kappa shape index (κ1) is 13.5. The van der Waals surface area contributed by atoms with Gasteiger partial charge in [-0.1, -0.05) is 12.1 Å². The molecule has 2 aromatic carbocycles. The summed E-state index contributed by atoms with van der Waals surface area (Å²) in [6.45, 7) is 0.456. The van der Waals surface area contributed by atoms with Crippen molar-refractivity contribution in [1.29, 1.82) is 0 Å². The van der Waals surface area contributed by atoms with Crippen LogP contribution in [0.1, 0.15) is 5.56 Å². The normalized spacial score (nSPS) is 10.8. The number of hydrogen-bond acceptors (Lipinski definition) is 1. The van der Waals surface area contributed by atoms with Crippen LogP contribution in [0.25, 0.3) is 11.1 Å². The Morgan fingerprint density at radius 3 is 2.05 bits per heavy atom. The quantitative estimate of drug-likeness (QED) is 0.662. The second-order valence-electron chi connectivity index (χ2n) is 4.09. The van der Waals surface area contributed by atoms with E-state index in [9.17, 15) is 17.6 Å². The van der Waals surface area contributed by atoms with Crippen molar-refractivity contribution in [2.45, 2.75) is 6.54 Å². The maximum atomic E-state index is 13.9. The van der Waals surface area contributed by atoms with Crippen molar-refractivity contribution < 1.29 is 17.6 Å². The Kier molecular flexibility index (Phi) is 3.85. The second kappa shape index (κ2) is 5.40. The molecule has 0 aliphatic heterocycles. The van der Waals surface area contributed by atoms with Crippen LogP contribution in [0.15, 0.2) is 30.3 Å². The Bertz CT molecular complexity index is 611. The fourth-order valence-corrected chi connectivity index (χ4v) is 1.82. The fraction of sp³-hybridized carbons (Fsp3) is 0.143. The molecule has 100 valence electrons. The molecule has 0 spiro atoms. The molecule has 1 nitrogen and oxygen atoms in total. The maximum absolute atomic E-state index is 13.9. The minimum atomic E-state index is -1.30. The van der Waals surface area contributed by atoms with Gasteiger partial charge in [0.15, 0.2) is 11.6 Å². The monoisotopic (exact) mass is 269 g/mol. The van der Waals surface area contributed by atoms with Gasteiger partial charge in [-0.2, -0.15) is 0 Å². The van der Waals surface area contributed by atoms with Crippen LogP contribution in [-0.4, -0.2) is 7.05 Å². The average molecular weight is 269 g/mol. The molecule has 19 heavy (non-hydrogen) atoms. The predicted octanol–water partition coefficient (Wildman–Crippen LogP) is 3.63. The minimum absolute atomic E-state index is 0.101. The van der Waals surface area contributed by atoms with Crippen LogP contribution in [0.2, 0.25) is 0 Å². The summed E-state index contributed by atoms with van der Waals surface area (Å²) >= 11 is 0. The van der Waals surface area contributed by atoms with E-state index in [1.807, 2.05) is 0 Å². The lowest BCUT2D eigenvalue weighted by Crippen LogP contribution is -2.05. The summed E-state index contributed by atoms with van der Waals surface area (Å²) in [7, 11) is 1.71. The molecule has 0 aromatic heterocycles. The highest BCUT2D eigenvalue weighted by molar-refractivity contribution is 5.65. The van der Waals surface area contributed by atoms with Crippen LogP contribution in [0.4, 0.5) is 17.6 Å². The molecular weight excluding hydrogens is 258 g/mol. The van der Waals surface area contributed by atoms with E-state index in [4.69, 9.17) is 0 Å². The topological polar surface area (TPSA) is 12.0 Å². The van der Waals surface area contributed by atoms with E-state index in [-0.39, 0.29) is 11.1 Å². The Balaban J connectivity index is 2.50. The van der Waals surface area contributed by atoms with Crippen molar-refractivity contribution in [3.05, 3.63) is 59.2 Å². The van der Waals surface area contributed by atoms with Gasteiger partial charge in [0.25, 0.3) is 0 Å². The Morgan fingerprint density at radius 2 is 1.42 bits per heavy atom. The van der Waals surface area contributed by atoms with Crippen molar-refractivity contribution in [1.82, 2.24) is 5.32 Å². The van der Waals surface area contributed by atoms with Gasteiger partial charge in [0.1, 0.15) is 11.6 Å². The highest BCUT2D eigenvalue weighted by atomic mass is 19.2. The van der Waals surface area contributed by atoms with Gasteiger partial charge in [-0.15, -0.1) is 0 Å². The van der Waals surface area contributed by atoms with Gasteiger partial charge in [0.05, 0.1) is 0 Å². The smallest absolute Gasteiger partial charge is 0.161 e. The molecular formula is C14H11F4N. The maximum Gasteiger partial charge on any atom is 0.161 e. The van der Waals surface area contributed by atoms with E-state index < -0.39 is 23.3 Å². The molecule has 2 aromatic rings. The van der Waals surface area contributed by atoms with Crippen molar-refractivity contribution in [3.8, 4) is 11.1 Å². The molecule has 0 radical (unpaired) electrons. The molecule has 0 fully saturated rings. The highest BCUT2D eigenvalue weighted by Gasteiger charge is 2.14. The van der Waals surface area contributed by atoms with E-state index in [1.54, 1.807) is 13.1 Å². The summed E-state index contributed by atoms with van der Waals surface area (Å²) in [5.41, 5.74) is 0.274. The van der Waals surface area contributed by atoms with Gasteiger partial charge in [0.2, 0.25) is 0 Å². The van der Waals surface area contributed by atoms with Crippen molar-refractivity contribution in [2.24, 2.45) is 0 Å². The van der Waals surface area contributed by atoms with Crippen molar-refractivity contribution in [3.63, 3.8) is 0 Å². The van der Waals surface area contributed by atoms with Gasteiger partial charge in [-0.05, 0) is 24.7 Å².